The number of hydrogen-bond acceptors (Lipinski definition) is 10. The fraction of sp³-hybridized carbons (Fsp3) is 0.0714. The van der Waals surface area contributed by atoms with E-state index >= 15 is 0 Å². The Balaban J connectivity index is 1.49. The van der Waals surface area contributed by atoms with Crippen molar-refractivity contribution in [1.29, 1.82) is 0 Å². The number of benzene rings is 4. The second kappa shape index (κ2) is 13.5. The van der Waals surface area contributed by atoms with Crippen LogP contribution in [0.3, 0.4) is 0 Å². The summed E-state index contributed by atoms with van der Waals surface area (Å²) in [6.07, 6.45) is 0. The summed E-state index contributed by atoms with van der Waals surface area (Å²) in [5.41, 5.74) is 0.470. The number of amides is 2. The van der Waals surface area contributed by atoms with E-state index in [1.54, 1.807) is 48.5 Å². The Labute approximate surface area is 247 Å². The second-order valence-electron chi connectivity index (χ2n) is 8.35. The van der Waals surface area contributed by atoms with E-state index in [1.165, 1.54) is 60.1 Å². The Kier molecular flexibility index (Phi) is 9.62. The number of rotatable bonds is 11. The van der Waals surface area contributed by atoms with Crippen LogP contribution in [0.1, 0.15) is 20.7 Å². The maximum absolute atomic E-state index is 12.9. The van der Waals surface area contributed by atoms with Gasteiger partial charge in [0, 0.05) is 33.1 Å². The van der Waals surface area contributed by atoms with Crippen molar-refractivity contribution in [2.75, 3.05) is 24.9 Å². The Morgan fingerprint density at radius 1 is 0.643 bits per heavy atom. The maximum Gasteiger partial charge on any atom is 0.311 e. The van der Waals surface area contributed by atoms with Gasteiger partial charge in [-0.25, -0.2) is 0 Å². The fourth-order valence-corrected chi connectivity index (χ4v) is 5.99. The first kappa shape index (κ1) is 29.9. The Hall–Kier alpha value is -5.08. The lowest BCUT2D eigenvalue weighted by Crippen LogP contribution is -2.13. The largest absolute Gasteiger partial charge is 0.490 e. The zero-order chi connectivity index (χ0) is 30.2. The van der Waals surface area contributed by atoms with E-state index in [2.05, 4.69) is 10.6 Å². The molecule has 0 fully saturated rings. The lowest BCUT2D eigenvalue weighted by atomic mass is 10.1. The first-order valence-electron chi connectivity index (χ1n) is 12.0. The molecule has 42 heavy (non-hydrogen) atoms. The topological polar surface area (TPSA) is 163 Å². The van der Waals surface area contributed by atoms with Crippen LogP contribution in [-0.2, 0) is 0 Å². The highest BCUT2D eigenvalue weighted by molar-refractivity contribution is 8.76. The SMILES string of the molecule is COc1ccc(C(=O)Nc2ccccc2SSc2ccccc2NC(=O)c2ccc(OC)c([N+](=O)[O-])c2)cc1[N+](=O)[O-]. The molecule has 0 saturated carbocycles. The molecular weight excluding hydrogens is 584 g/mol. The van der Waals surface area contributed by atoms with Gasteiger partial charge in [-0.2, -0.15) is 0 Å². The van der Waals surface area contributed by atoms with Gasteiger partial charge < -0.3 is 20.1 Å². The molecule has 0 bridgehead atoms. The van der Waals surface area contributed by atoms with E-state index in [0.717, 1.165) is 12.1 Å². The van der Waals surface area contributed by atoms with Crippen LogP contribution in [0, 0.1) is 20.2 Å². The molecule has 0 spiro atoms. The van der Waals surface area contributed by atoms with Gasteiger partial charge in [0.05, 0.1) is 35.4 Å². The minimum absolute atomic E-state index is 0.0416. The summed E-state index contributed by atoms with van der Waals surface area (Å²) < 4.78 is 10.00. The minimum atomic E-state index is -0.623. The number of nitrogens with zero attached hydrogens (tertiary/aromatic N) is 2. The number of nitro benzene ring substituents is 2. The molecule has 4 aromatic carbocycles. The Bertz CT molecular complexity index is 1560. The van der Waals surface area contributed by atoms with Crippen LogP contribution in [0.25, 0.3) is 0 Å². The lowest BCUT2D eigenvalue weighted by molar-refractivity contribution is -0.385. The van der Waals surface area contributed by atoms with Crippen LogP contribution < -0.4 is 20.1 Å². The number of carbonyl (C=O) groups is 2. The van der Waals surface area contributed by atoms with Crippen molar-refractivity contribution in [3.8, 4) is 11.5 Å². The molecule has 12 nitrogen and oxygen atoms in total. The number of anilines is 2. The van der Waals surface area contributed by atoms with Crippen LogP contribution in [0.2, 0.25) is 0 Å². The molecule has 0 aliphatic heterocycles. The zero-order valence-electron chi connectivity index (χ0n) is 22.1. The quantitative estimate of drug-likeness (QED) is 0.105. The van der Waals surface area contributed by atoms with Crippen molar-refractivity contribution in [2.24, 2.45) is 0 Å². The minimum Gasteiger partial charge on any atom is -0.490 e. The van der Waals surface area contributed by atoms with Crippen LogP contribution in [0.5, 0.6) is 11.5 Å². The number of nitrogens with one attached hydrogen (secondary N) is 2. The molecule has 0 aliphatic carbocycles. The predicted molar refractivity (Wildman–Crippen MR) is 160 cm³/mol. The zero-order valence-corrected chi connectivity index (χ0v) is 23.7. The summed E-state index contributed by atoms with van der Waals surface area (Å²) in [6, 6.07) is 21.9. The van der Waals surface area contributed by atoms with E-state index in [9.17, 15) is 29.8 Å². The highest BCUT2D eigenvalue weighted by atomic mass is 33.1. The molecule has 2 N–H and O–H groups in total. The summed E-state index contributed by atoms with van der Waals surface area (Å²) in [6.45, 7) is 0. The highest BCUT2D eigenvalue weighted by Crippen LogP contribution is 2.43. The fourth-order valence-electron chi connectivity index (χ4n) is 3.71. The van der Waals surface area contributed by atoms with Gasteiger partial charge in [-0.1, -0.05) is 45.9 Å². The first-order valence-corrected chi connectivity index (χ1v) is 14.2. The van der Waals surface area contributed by atoms with Crippen molar-refractivity contribution in [3.63, 3.8) is 0 Å². The standard InChI is InChI=1S/C28H22N4O8S2/c1-39-23-13-11-17(15-21(23)31(35)36)27(33)29-19-7-3-5-9-25(19)41-42-26-10-6-4-8-20(26)30-28(34)18-12-14-24(40-2)22(16-18)32(37)38/h3-16H,1-2H3,(H,29,33)(H,30,34). The van der Waals surface area contributed by atoms with Gasteiger partial charge >= 0.3 is 11.4 Å². The van der Waals surface area contributed by atoms with Crippen molar-refractivity contribution < 1.29 is 28.9 Å². The smallest absolute Gasteiger partial charge is 0.311 e. The van der Waals surface area contributed by atoms with Crippen LogP contribution >= 0.6 is 21.6 Å². The maximum atomic E-state index is 12.9. The van der Waals surface area contributed by atoms with E-state index in [0.29, 0.717) is 21.2 Å². The molecule has 0 heterocycles. The number of hydrogen-bond donors (Lipinski definition) is 2. The molecule has 0 atom stereocenters. The molecule has 2 amide bonds. The Morgan fingerprint density at radius 3 is 1.38 bits per heavy atom. The average molecular weight is 607 g/mol. The molecule has 14 heteroatoms. The van der Waals surface area contributed by atoms with Crippen LogP contribution in [0.4, 0.5) is 22.7 Å². The molecule has 0 aromatic heterocycles. The first-order chi connectivity index (χ1) is 20.2. The number of methoxy groups -OCH3 is 2. The van der Waals surface area contributed by atoms with Crippen LogP contribution in [0.15, 0.2) is 94.7 Å². The molecule has 0 unspecified atom stereocenters. The van der Waals surface area contributed by atoms with E-state index < -0.39 is 21.7 Å². The number of nitro groups is 2. The molecule has 214 valence electrons. The molecule has 0 aliphatic rings. The van der Waals surface area contributed by atoms with Gasteiger partial charge in [0.1, 0.15) is 0 Å². The van der Waals surface area contributed by atoms with Crippen molar-refractivity contribution in [3.05, 3.63) is 116 Å². The summed E-state index contributed by atoms with van der Waals surface area (Å²) in [5, 5.41) is 28.3. The van der Waals surface area contributed by atoms with E-state index in [-0.39, 0.29) is 34.0 Å². The van der Waals surface area contributed by atoms with Gasteiger partial charge in [0.15, 0.2) is 11.5 Å². The summed E-state index contributed by atoms with van der Waals surface area (Å²) >= 11 is 0. The third-order valence-corrected chi connectivity index (χ3v) is 8.25. The second-order valence-corrected chi connectivity index (χ2v) is 10.6. The molecule has 0 saturated heterocycles. The van der Waals surface area contributed by atoms with Gasteiger partial charge in [0.25, 0.3) is 11.8 Å². The van der Waals surface area contributed by atoms with Crippen molar-refractivity contribution >= 4 is 56.2 Å². The van der Waals surface area contributed by atoms with Crippen molar-refractivity contribution in [1.82, 2.24) is 0 Å². The highest BCUT2D eigenvalue weighted by Gasteiger charge is 2.21. The monoisotopic (exact) mass is 606 g/mol. The van der Waals surface area contributed by atoms with Crippen LogP contribution in [-0.4, -0.2) is 35.9 Å². The van der Waals surface area contributed by atoms with Gasteiger partial charge in [0.2, 0.25) is 0 Å². The van der Waals surface area contributed by atoms with Gasteiger partial charge in [-0.15, -0.1) is 0 Å². The summed E-state index contributed by atoms with van der Waals surface area (Å²) in [5.74, 6) is -1.00. The molecule has 0 radical (unpaired) electrons. The number of ether oxygens (including phenoxy) is 2. The summed E-state index contributed by atoms with van der Waals surface area (Å²) in [4.78, 5) is 48.7. The predicted octanol–water partition coefficient (Wildman–Crippen LogP) is 6.82. The Morgan fingerprint density at radius 2 is 1.02 bits per heavy atom. The lowest BCUT2D eigenvalue weighted by Gasteiger charge is -2.13. The van der Waals surface area contributed by atoms with E-state index in [4.69, 9.17) is 9.47 Å². The van der Waals surface area contributed by atoms with Gasteiger partial charge in [-0.3, -0.25) is 29.8 Å². The van der Waals surface area contributed by atoms with Crippen molar-refractivity contribution in [2.45, 2.75) is 9.79 Å². The molecular formula is C28H22N4O8S2. The number of para-hydroxylation sites is 2. The third kappa shape index (κ3) is 6.97. The van der Waals surface area contributed by atoms with E-state index in [1.807, 2.05) is 0 Å². The van der Waals surface area contributed by atoms with Gasteiger partial charge in [-0.05, 0) is 48.5 Å². The average Bonchev–Trinajstić information content (AvgIpc) is 3.00. The molecule has 4 aromatic rings. The summed E-state index contributed by atoms with van der Waals surface area (Å²) in [7, 11) is 5.25. The number of carbonyl (C=O) groups excluding carboxylic acids is 2. The third-order valence-electron chi connectivity index (χ3n) is 5.77. The normalized spacial score (nSPS) is 10.4. The molecule has 4 rings (SSSR count).